The molecule has 1 atom stereocenters. The Morgan fingerprint density at radius 3 is 2.67 bits per heavy atom. The Morgan fingerprint density at radius 2 is 1.88 bits per heavy atom. The summed E-state index contributed by atoms with van der Waals surface area (Å²) in [5, 5.41) is 2.88. The van der Waals surface area contributed by atoms with Gasteiger partial charge in [-0.3, -0.25) is 14.7 Å². The van der Waals surface area contributed by atoms with Crippen LogP contribution < -0.4 is 5.32 Å². The molecular formula is C18H17N3O3. The Balaban J connectivity index is 1.73. The highest BCUT2D eigenvalue weighted by Crippen LogP contribution is 2.24. The molecule has 0 unspecified atom stereocenters. The van der Waals surface area contributed by atoms with Crippen LogP contribution in [0.2, 0.25) is 0 Å². The van der Waals surface area contributed by atoms with Crippen molar-refractivity contribution < 1.29 is 14.3 Å². The van der Waals surface area contributed by atoms with Crippen molar-refractivity contribution in [1.82, 2.24) is 9.55 Å². The van der Waals surface area contributed by atoms with E-state index in [-0.39, 0.29) is 12.5 Å². The number of nitrogens with one attached hydrogen (secondary N) is 1. The highest BCUT2D eigenvalue weighted by atomic mass is 16.6. The third kappa shape index (κ3) is 2.77. The number of carbonyl (C=O) groups excluding carboxylic acids is 1. The van der Waals surface area contributed by atoms with Gasteiger partial charge in [0.1, 0.15) is 0 Å². The molecule has 0 radical (unpaired) electrons. The monoisotopic (exact) mass is 323 g/mol. The molecule has 0 bridgehead atoms. The van der Waals surface area contributed by atoms with Gasteiger partial charge in [0.25, 0.3) is 5.91 Å². The Bertz CT molecular complexity index is 854. The number of fused-ring (bicyclic) bond motifs is 1. The molecule has 1 fully saturated rings. The van der Waals surface area contributed by atoms with Gasteiger partial charge in [0.05, 0.1) is 30.9 Å². The van der Waals surface area contributed by atoms with Gasteiger partial charge in [0.2, 0.25) is 5.95 Å². The zero-order chi connectivity index (χ0) is 16.4. The van der Waals surface area contributed by atoms with Crippen molar-refractivity contribution in [3.05, 3.63) is 54.6 Å². The topological polar surface area (TPSA) is 65.4 Å². The average Bonchev–Trinajstić information content (AvgIpc) is 3.01. The zero-order valence-electron chi connectivity index (χ0n) is 13.0. The molecule has 2 heterocycles. The van der Waals surface area contributed by atoms with Gasteiger partial charge in [-0.25, -0.2) is 4.98 Å². The molecule has 6 nitrogen and oxygen atoms in total. The number of aromatic nitrogens is 2. The summed E-state index contributed by atoms with van der Waals surface area (Å²) in [6.45, 7) is 1.21. The number of rotatable bonds is 3. The van der Waals surface area contributed by atoms with E-state index in [1.165, 1.54) is 0 Å². The van der Waals surface area contributed by atoms with E-state index < -0.39 is 6.10 Å². The van der Waals surface area contributed by atoms with Crippen molar-refractivity contribution >= 4 is 22.9 Å². The standard InChI is InChI=1S/C18H17N3O3/c22-17(16-12-23-10-11-24-16)20-18-19-14-8-4-5-9-15(14)21(18)13-6-2-1-3-7-13/h1-9,16H,10-12H2,(H,19,20,22)/t16-/m1/s1. The largest absolute Gasteiger partial charge is 0.376 e. The van der Waals surface area contributed by atoms with Gasteiger partial charge in [-0.15, -0.1) is 0 Å². The molecule has 122 valence electrons. The summed E-state index contributed by atoms with van der Waals surface area (Å²) in [4.78, 5) is 17.0. The van der Waals surface area contributed by atoms with Crippen LogP contribution in [-0.4, -0.2) is 41.4 Å². The van der Waals surface area contributed by atoms with Gasteiger partial charge in [0, 0.05) is 5.69 Å². The number of amides is 1. The third-order valence-electron chi connectivity index (χ3n) is 3.92. The molecule has 1 saturated heterocycles. The minimum atomic E-state index is -0.609. The highest BCUT2D eigenvalue weighted by molar-refractivity contribution is 5.95. The predicted octanol–water partition coefficient (Wildman–Crippen LogP) is 2.38. The van der Waals surface area contributed by atoms with Crippen LogP contribution in [0.1, 0.15) is 0 Å². The number of benzene rings is 2. The number of para-hydroxylation sites is 3. The number of hydrogen-bond acceptors (Lipinski definition) is 4. The molecule has 6 heteroatoms. The van der Waals surface area contributed by atoms with Gasteiger partial charge >= 0.3 is 0 Å². The molecule has 0 aliphatic carbocycles. The lowest BCUT2D eigenvalue weighted by molar-refractivity contribution is -0.142. The summed E-state index contributed by atoms with van der Waals surface area (Å²) in [5.41, 5.74) is 2.68. The molecule has 1 aliphatic heterocycles. The van der Waals surface area contributed by atoms with E-state index in [0.717, 1.165) is 16.7 Å². The fourth-order valence-corrected chi connectivity index (χ4v) is 2.78. The van der Waals surface area contributed by atoms with Crippen LogP contribution in [0.15, 0.2) is 54.6 Å². The fraction of sp³-hybridized carbons (Fsp3) is 0.222. The number of nitrogens with zero attached hydrogens (tertiary/aromatic N) is 2. The Hall–Kier alpha value is -2.70. The molecule has 4 rings (SSSR count). The molecule has 1 aliphatic rings. The van der Waals surface area contributed by atoms with Crippen LogP contribution in [0.25, 0.3) is 16.7 Å². The van der Waals surface area contributed by atoms with E-state index in [1.54, 1.807) is 0 Å². The van der Waals surface area contributed by atoms with Gasteiger partial charge in [-0.1, -0.05) is 30.3 Å². The SMILES string of the molecule is O=C(Nc1nc2ccccc2n1-c1ccccc1)[C@H]1COCCO1. The number of ether oxygens (including phenoxy) is 2. The number of anilines is 1. The molecular weight excluding hydrogens is 306 g/mol. The normalized spacial score (nSPS) is 17.8. The second kappa shape index (κ2) is 6.43. The van der Waals surface area contributed by atoms with Gasteiger partial charge < -0.3 is 9.47 Å². The Kier molecular flexibility index (Phi) is 3.98. The molecule has 24 heavy (non-hydrogen) atoms. The predicted molar refractivity (Wildman–Crippen MR) is 90.3 cm³/mol. The van der Waals surface area contributed by atoms with E-state index >= 15 is 0 Å². The van der Waals surface area contributed by atoms with E-state index in [4.69, 9.17) is 9.47 Å². The molecule has 1 aromatic heterocycles. The molecule has 1 amide bonds. The summed E-state index contributed by atoms with van der Waals surface area (Å²) in [7, 11) is 0. The quantitative estimate of drug-likeness (QED) is 0.804. The van der Waals surface area contributed by atoms with Crippen molar-refractivity contribution in [3.63, 3.8) is 0 Å². The van der Waals surface area contributed by atoms with Crippen LogP contribution in [0, 0.1) is 0 Å². The summed E-state index contributed by atoms with van der Waals surface area (Å²) in [5.74, 6) is 0.226. The highest BCUT2D eigenvalue weighted by Gasteiger charge is 2.24. The van der Waals surface area contributed by atoms with Crippen LogP contribution in [0.4, 0.5) is 5.95 Å². The van der Waals surface area contributed by atoms with Crippen molar-refractivity contribution in [2.75, 3.05) is 25.1 Å². The maximum absolute atomic E-state index is 12.5. The van der Waals surface area contributed by atoms with Crippen LogP contribution in [0.5, 0.6) is 0 Å². The second-order valence-corrected chi connectivity index (χ2v) is 5.52. The maximum atomic E-state index is 12.5. The fourth-order valence-electron chi connectivity index (χ4n) is 2.78. The van der Waals surface area contributed by atoms with Crippen molar-refractivity contribution in [2.24, 2.45) is 0 Å². The van der Waals surface area contributed by atoms with Crippen molar-refractivity contribution in [3.8, 4) is 5.69 Å². The summed E-state index contributed by atoms with van der Waals surface area (Å²) >= 11 is 0. The van der Waals surface area contributed by atoms with Crippen molar-refractivity contribution in [2.45, 2.75) is 6.10 Å². The maximum Gasteiger partial charge on any atom is 0.258 e. The lowest BCUT2D eigenvalue weighted by atomic mass is 10.3. The molecule has 3 aromatic rings. The molecule has 0 spiro atoms. The third-order valence-corrected chi connectivity index (χ3v) is 3.92. The summed E-state index contributed by atoms with van der Waals surface area (Å²) in [6, 6.07) is 17.6. The zero-order valence-corrected chi connectivity index (χ0v) is 13.0. The lowest BCUT2D eigenvalue weighted by Gasteiger charge is -2.22. The Morgan fingerprint density at radius 1 is 1.08 bits per heavy atom. The average molecular weight is 323 g/mol. The number of carbonyl (C=O) groups is 1. The van der Waals surface area contributed by atoms with E-state index in [0.29, 0.717) is 19.2 Å². The first-order chi connectivity index (χ1) is 11.8. The molecule has 2 aromatic carbocycles. The molecule has 0 saturated carbocycles. The van der Waals surface area contributed by atoms with Gasteiger partial charge in [-0.2, -0.15) is 0 Å². The Labute approximate surface area is 139 Å². The number of hydrogen-bond donors (Lipinski definition) is 1. The first-order valence-corrected chi connectivity index (χ1v) is 7.86. The van der Waals surface area contributed by atoms with Gasteiger partial charge in [-0.05, 0) is 24.3 Å². The van der Waals surface area contributed by atoms with Crippen LogP contribution in [-0.2, 0) is 14.3 Å². The van der Waals surface area contributed by atoms with E-state index in [2.05, 4.69) is 10.3 Å². The first kappa shape index (κ1) is 14.9. The summed E-state index contributed by atoms with van der Waals surface area (Å²) in [6.07, 6.45) is -0.609. The number of imidazole rings is 1. The summed E-state index contributed by atoms with van der Waals surface area (Å²) < 4.78 is 12.7. The first-order valence-electron chi connectivity index (χ1n) is 7.86. The van der Waals surface area contributed by atoms with Crippen molar-refractivity contribution in [1.29, 1.82) is 0 Å². The van der Waals surface area contributed by atoms with E-state index in [9.17, 15) is 4.79 Å². The minimum absolute atomic E-state index is 0.248. The minimum Gasteiger partial charge on any atom is -0.376 e. The molecule has 1 N–H and O–H groups in total. The van der Waals surface area contributed by atoms with Crippen LogP contribution >= 0.6 is 0 Å². The second-order valence-electron chi connectivity index (χ2n) is 5.52. The van der Waals surface area contributed by atoms with Gasteiger partial charge in [0.15, 0.2) is 6.10 Å². The van der Waals surface area contributed by atoms with Crippen LogP contribution in [0.3, 0.4) is 0 Å². The van der Waals surface area contributed by atoms with E-state index in [1.807, 2.05) is 59.2 Å². The lowest BCUT2D eigenvalue weighted by Crippen LogP contribution is -2.39. The smallest absolute Gasteiger partial charge is 0.258 e.